The Morgan fingerprint density at radius 1 is 1.30 bits per heavy atom. The lowest BCUT2D eigenvalue weighted by Gasteiger charge is -2.35. The Balaban J connectivity index is 1.69. The third-order valence-electron chi connectivity index (χ3n) is 4.60. The van der Waals surface area contributed by atoms with Crippen LogP contribution in [-0.4, -0.2) is 48.7 Å². The number of nitrogens with zero attached hydrogens (tertiary/aromatic N) is 1. The standard InChI is InChI=1S/C16H30N2O2/c1-12(11-16(2,3)20-4)17-14-7-9-18(10-8-14)15(19)13-5-6-13/h12-14,17H,5-11H2,1-4H3. The van der Waals surface area contributed by atoms with E-state index in [9.17, 15) is 4.79 Å². The molecular weight excluding hydrogens is 252 g/mol. The van der Waals surface area contributed by atoms with Crippen molar-refractivity contribution in [1.82, 2.24) is 10.2 Å². The zero-order valence-electron chi connectivity index (χ0n) is 13.4. The Morgan fingerprint density at radius 3 is 2.40 bits per heavy atom. The second kappa shape index (κ2) is 6.44. The molecule has 0 radical (unpaired) electrons. The van der Waals surface area contributed by atoms with Crippen molar-refractivity contribution in [3.8, 4) is 0 Å². The van der Waals surface area contributed by atoms with Crippen LogP contribution in [0.2, 0.25) is 0 Å². The molecule has 1 amide bonds. The van der Waals surface area contributed by atoms with E-state index in [1.165, 1.54) is 0 Å². The first-order chi connectivity index (χ1) is 9.41. The molecule has 4 nitrogen and oxygen atoms in total. The zero-order valence-corrected chi connectivity index (χ0v) is 13.4. The second-order valence-corrected chi connectivity index (χ2v) is 7.11. The number of carbonyl (C=O) groups excluding carboxylic acids is 1. The van der Waals surface area contributed by atoms with Crippen LogP contribution < -0.4 is 5.32 Å². The van der Waals surface area contributed by atoms with Crippen molar-refractivity contribution in [3.63, 3.8) is 0 Å². The molecular formula is C16H30N2O2. The Kier molecular flexibility index (Phi) is 5.08. The van der Waals surface area contributed by atoms with Crippen molar-refractivity contribution in [1.29, 1.82) is 0 Å². The van der Waals surface area contributed by atoms with Gasteiger partial charge in [-0.3, -0.25) is 4.79 Å². The van der Waals surface area contributed by atoms with Gasteiger partial charge in [-0.2, -0.15) is 0 Å². The van der Waals surface area contributed by atoms with Crippen LogP contribution in [0.5, 0.6) is 0 Å². The molecule has 1 saturated heterocycles. The summed E-state index contributed by atoms with van der Waals surface area (Å²) in [6.07, 6.45) is 5.39. The molecule has 0 aromatic heterocycles. The van der Waals surface area contributed by atoms with Gasteiger partial charge in [0.25, 0.3) is 0 Å². The Hall–Kier alpha value is -0.610. The molecule has 4 heteroatoms. The highest BCUT2D eigenvalue weighted by Crippen LogP contribution is 2.32. The minimum Gasteiger partial charge on any atom is -0.379 e. The van der Waals surface area contributed by atoms with Gasteiger partial charge in [0.1, 0.15) is 0 Å². The molecule has 1 heterocycles. The molecule has 0 spiro atoms. The molecule has 1 atom stereocenters. The average Bonchev–Trinajstić information content (AvgIpc) is 3.22. The summed E-state index contributed by atoms with van der Waals surface area (Å²) in [5.74, 6) is 0.762. The fourth-order valence-corrected chi connectivity index (χ4v) is 3.14. The second-order valence-electron chi connectivity index (χ2n) is 7.11. The number of carbonyl (C=O) groups is 1. The number of amides is 1. The van der Waals surface area contributed by atoms with Gasteiger partial charge in [-0.1, -0.05) is 0 Å². The molecule has 2 aliphatic rings. The van der Waals surface area contributed by atoms with E-state index in [4.69, 9.17) is 4.74 Å². The predicted molar refractivity (Wildman–Crippen MR) is 80.6 cm³/mol. The lowest BCUT2D eigenvalue weighted by molar-refractivity contribution is -0.133. The first kappa shape index (κ1) is 15.8. The van der Waals surface area contributed by atoms with E-state index in [2.05, 4.69) is 31.0 Å². The molecule has 1 aliphatic heterocycles. The van der Waals surface area contributed by atoms with Crippen molar-refractivity contribution < 1.29 is 9.53 Å². The maximum atomic E-state index is 12.0. The molecule has 2 rings (SSSR count). The molecule has 1 aliphatic carbocycles. The minimum atomic E-state index is -0.0743. The molecule has 20 heavy (non-hydrogen) atoms. The van der Waals surface area contributed by atoms with Crippen LogP contribution in [-0.2, 0) is 9.53 Å². The highest BCUT2D eigenvalue weighted by molar-refractivity contribution is 5.81. The number of ether oxygens (including phenoxy) is 1. The Labute approximate surface area is 123 Å². The molecule has 1 saturated carbocycles. The van der Waals surface area contributed by atoms with Crippen molar-refractivity contribution in [3.05, 3.63) is 0 Å². The van der Waals surface area contributed by atoms with Crippen LogP contribution in [0.1, 0.15) is 52.9 Å². The molecule has 1 unspecified atom stereocenters. The van der Waals surface area contributed by atoms with E-state index in [0.717, 1.165) is 45.2 Å². The van der Waals surface area contributed by atoms with E-state index < -0.39 is 0 Å². The molecule has 0 aromatic carbocycles. The summed E-state index contributed by atoms with van der Waals surface area (Å²) in [5, 5.41) is 3.70. The average molecular weight is 282 g/mol. The van der Waals surface area contributed by atoms with Gasteiger partial charge in [0.2, 0.25) is 5.91 Å². The maximum absolute atomic E-state index is 12.0. The summed E-state index contributed by atoms with van der Waals surface area (Å²) in [6.45, 7) is 8.33. The third kappa shape index (κ3) is 4.45. The third-order valence-corrected chi connectivity index (χ3v) is 4.60. The smallest absolute Gasteiger partial charge is 0.225 e. The number of rotatable bonds is 6. The van der Waals surface area contributed by atoms with E-state index >= 15 is 0 Å². The summed E-state index contributed by atoms with van der Waals surface area (Å²) >= 11 is 0. The van der Waals surface area contributed by atoms with Crippen molar-refractivity contribution in [2.75, 3.05) is 20.2 Å². The van der Waals surface area contributed by atoms with E-state index in [1.54, 1.807) is 7.11 Å². The van der Waals surface area contributed by atoms with Gasteiger partial charge in [-0.05, 0) is 52.9 Å². The van der Waals surface area contributed by atoms with Gasteiger partial charge in [0.05, 0.1) is 5.60 Å². The number of nitrogens with one attached hydrogen (secondary N) is 1. The molecule has 116 valence electrons. The Morgan fingerprint density at radius 2 is 1.90 bits per heavy atom. The normalized spacial score (nSPS) is 22.9. The molecule has 1 N–H and O–H groups in total. The van der Waals surface area contributed by atoms with Gasteiger partial charge in [0, 0.05) is 38.2 Å². The first-order valence-electron chi connectivity index (χ1n) is 8.01. The van der Waals surface area contributed by atoms with Crippen LogP contribution in [0, 0.1) is 5.92 Å². The topological polar surface area (TPSA) is 41.6 Å². The Bertz CT molecular complexity index is 331. The van der Waals surface area contributed by atoms with Gasteiger partial charge < -0.3 is 15.0 Å². The quantitative estimate of drug-likeness (QED) is 0.812. The van der Waals surface area contributed by atoms with Crippen LogP contribution in [0.15, 0.2) is 0 Å². The summed E-state index contributed by atoms with van der Waals surface area (Å²) in [4.78, 5) is 14.1. The highest BCUT2D eigenvalue weighted by Gasteiger charge is 2.35. The number of hydrogen-bond acceptors (Lipinski definition) is 3. The lowest BCUT2D eigenvalue weighted by Crippen LogP contribution is -2.48. The SMILES string of the molecule is COC(C)(C)CC(C)NC1CCN(C(=O)C2CC2)CC1. The predicted octanol–water partition coefficient (Wildman–Crippen LogP) is 2.18. The number of likely N-dealkylation sites (tertiary alicyclic amines) is 1. The number of methoxy groups -OCH3 is 1. The molecule has 2 fully saturated rings. The largest absolute Gasteiger partial charge is 0.379 e. The van der Waals surface area contributed by atoms with E-state index in [1.807, 2.05) is 0 Å². The van der Waals surface area contributed by atoms with Gasteiger partial charge in [0.15, 0.2) is 0 Å². The molecule has 0 aromatic rings. The van der Waals surface area contributed by atoms with Crippen molar-refractivity contribution >= 4 is 5.91 Å². The summed E-state index contributed by atoms with van der Waals surface area (Å²) in [7, 11) is 1.77. The van der Waals surface area contributed by atoms with Crippen LogP contribution in [0.25, 0.3) is 0 Å². The van der Waals surface area contributed by atoms with Crippen molar-refractivity contribution in [2.24, 2.45) is 5.92 Å². The van der Waals surface area contributed by atoms with Crippen LogP contribution in [0.4, 0.5) is 0 Å². The number of piperidine rings is 1. The monoisotopic (exact) mass is 282 g/mol. The lowest BCUT2D eigenvalue weighted by atomic mass is 9.97. The zero-order chi connectivity index (χ0) is 14.8. The van der Waals surface area contributed by atoms with E-state index in [0.29, 0.717) is 23.9 Å². The highest BCUT2D eigenvalue weighted by atomic mass is 16.5. The summed E-state index contributed by atoms with van der Waals surface area (Å²) in [5.41, 5.74) is -0.0743. The van der Waals surface area contributed by atoms with Gasteiger partial charge >= 0.3 is 0 Å². The first-order valence-corrected chi connectivity index (χ1v) is 8.01. The fraction of sp³-hybridized carbons (Fsp3) is 0.938. The minimum absolute atomic E-state index is 0.0743. The summed E-state index contributed by atoms with van der Waals surface area (Å²) < 4.78 is 5.49. The van der Waals surface area contributed by atoms with Gasteiger partial charge in [-0.25, -0.2) is 0 Å². The maximum Gasteiger partial charge on any atom is 0.225 e. The molecule has 0 bridgehead atoms. The van der Waals surface area contributed by atoms with Crippen LogP contribution in [0.3, 0.4) is 0 Å². The van der Waals surface area contributed by atoms with Crippen molar-refractivity contribution in [2.45, 2.75) is 70.6 Å². The van der Waals surface area contributed by atoms with Crippen LogP contribution >= 0.6 is 0 Å². The van der Waals surface area contributed by atoms with Gasteiger partial charge in [-0.15, -0.1) is 0 Å². The fourth-order valence-electron chi connectivity index (χ4n) is 3.14. The van der Waals surface area contributed by atoms with E-state index in [-0.39, 0.29) is 5.60 Å². The number of hydrogen-bond donors (Lipinski definition) is 1. The summed E-state index contributed by atoms with van der Waals surface area (Å²) in [6, 6.07) is 0.988.